The van der Waals surface area contributed by atoms with E-state index >= 15 is 10.2 Å². The first-order valence-electron chi connectivity index (χ1n) is 57.6. The van der Waals surface area contributed by atoms with Crippen molar-refractivity contribution in [3.63, 3.8) is 0 Å². The Balaban J connectivity index is 1.10. The van der Waals surface area contributed by atoms with Crippen LogP contribution in [0.25, 0.3) is 47.7 Å². The monoisotopic (exact) mass is 1990 g/mol. The van der Waals surface area contributed by atoms with Gasteiger partial charge in [-0.1, -0.05) is 542 Å². The van der Waals surface area contributed by atoms with Gasteiger partial charge in [0.05, 0.1) is 19.2 Å². The fourth-order valence-corrected chi connectivity index (χ4v) is 50.9. The van der Waals surface area contributed by atoms with Gasteiger partial charge in [0, 0.05) is 39.7 Å². The number of aliphatic hydroxyl groups is 2. The minimum absolute atomic E-state index is 0.597. The predicted octanol–water partition coefficient (Wildman–Crippen LogP) is 43.3. The van der Waals surface area contributed by atoms with Crippen molar-refractivity contribution >= 4 is 121 Å². The molecule has 0 fully saturated rings. The van der Waals surface area contributed by atoms with E-state index in [2.05, 4.69) is 255 Å². The fraction of sp³-hybridized carbons (Fsp3) is 0.667. The Morgan fingerprint density at radius 1 is 0.213 bits per heavy atom. The Morgan fingerprint density at radius 2 is 0.382 bits per heavy atom. The third kappa shape index (κ3) is 32.1. The summed E-state index contributed by atoms with van der Waals surface area (Å²) in [5.74, 6) is 0. The maximum Gasteiger partial charge on any atom is 0.143 e. The number of aryl methyl sites for hydroxylation is 4. The van der Waals surface area contributed by atoms with Gasteiger partial charge in [-0.2, -0.15) is 0 Å². The quantitative estimate of drug-likeness (QED) is 0.0295. The zero-order chi connectivity index (χ0) is 97.0. The molecule has 6 heterocycles. The fourth-order valence-electron chi connectivity index (χ4n) is 24.6. The van der Waals surface area contributed by atoms with E-state index in [9.17, 15) is 0 Å². The minimum Gasteiger partial charge on any atom is -0.376 e. The zero-order valence-corrected chi connectivity index (χ0v) is 96.7. The first-order valence-corrected chi connectivity index (χ1v) is 67.0. The van der Waals surface area contributed by atoms with Gasteiger partial charge in [0.2, 0.25) is 0 Å². The third-order valence-electron chi connectivity index (χ3n) is 32.5. The van der Waals surface area contributed by atoms with E-state index in [1.165, 1.54) is 410 Å². The Hall–Kier alpha value is -3.79. The lowest BCUT2D eigenvalue weighted by molar-refractivity contribution is 0.127. The molecule has 0 unspecified atom stereocenters. The molecule has 0 amide bonds. The molecule has 0 spiro atoms. The van der Waals surface area contributed by atoms with Crippen LogP contribution in [-0.4, -0.2) is 26.4 Å². The first kappa shape index (κ1) is 114. The number of rotatable bonds is 76. The van der Waals surface area contributed by atoms with Crippen molar-refractivity contribution < 1.29 is 10.2 Å². The molecule has 2 N–H and O–H groups in total. The summed E-state index contributed by atoms with van der Waals surface area (Å²) >= 11 is 11.8. The number of thiophene rings is 6. The molecule has 756 valence electrons. The molecule has 0 aliphatic carbocycles. The van der Waals surface area contributed by atoms with E-state index < -0.39 is 27.3 Å². The lowest BCUT2D eigenvalue weighted by Crippen LogP contribution is -2.54. The number of benzene rings is 4. The molecular weight excluding hydrogens is 1790 g/mol. The smallest absolute Gasteiger partial charge is 0.143 e. The van der Waals surface area contributed by atoms with Crippen molar-refractivity contribution in [2.75, 3.05) is 0 Å². The van der Waals surface area contributed by atoms with Gasteiger partial charge < -0.3 is 10.2 Å². The van der Waals surface area contributed by atoms with Crippen molar-refractivity contribution in [1.29, 1.82) is 0 Å². The largest absolute Gasteiger partial charge is 0.376 e. The van der Waals surface area contributed by atoms with E-state index in [0.29, 0.717) is 33.2 Å². The zero-order valence-electron chi connectivity index (χ0n) is 89.8. The summed E-state index contributed by atoms with van der Waals surface area (Å²) in [6, 6.07) is 48.1. The van der Waals surface area contributed by atoms with Crippen molar-refractivity contribution in [2.45, 2.75) is 540 Å². The Morgan fingerprint density at radius 3 is 0.551 bits per heavy atom. The number of hydrogen-bond acceptors (Lipinski definition) is 8. The van der Waals surface area contributed by atoms with Crippen LogP contribution in [0.3, 0.4) is 0 Å². The molecule has 0 saturated heterocycles. The summed E-state index contributed by atoms with van der Waals surface area (Å²) in [7, 11) is -4.01. The van der Waals surface area contributed by atoms with Gasteiger partial charge in [-0.15, -0.1) is 68.0 Å². The second-order valence-electron chi connectivity index (χ2n) is 44.6. The molecule has 0 bridgehead atoms. The number of fused-ring (bicyclic) bond motifs is 3. The van der Waals surface area contributed by atoms with Gasteiger partial charge in [-0.05, 0) is 162 Å². The Labute approximate surface area is 861 Å². The highest BCUT2D eigenvalue weighted by Gasteiger charge is 2.50. The summed E-state index contributed by atoms with van der Waals surface area (Å²) in [5.41, 5.74) is 11.3. The van der Waals surface area contributed by atoms with Gasteiger partial charge in [-0.3, -0.25) is 0 Å². The van der Waals surface area contributed by atoms with Gasteiger partial charge in [-0.25, -0.2) is 0 Å². The molecule has 0 aliphatic heterocycles. The molecule has 0 radical (unpaired) electrons. The van der Waals surface area contributed by atoms with Crippen LogP contribution in [0.15, 0.2) is 121 Å². The molecule has 6 aromatic heterocycles. The second kappa shape index (κ2) is 61.5. The molecule has 10 heteroatoms. The molecule has 0 saturated carbocycles. The lowest BCUT2D eigenvalue weighted by Gasteiger charge is -2.42. The van der Waals surface area contributed by atoms with Gasteiger partial charge >= 0.3 is 0 Å². The highest BCUT2D eigenvalue weighted by molar-refractivity contribution is 7.40. The summed E-state index contributed by atoms with van der Waals surface area (Å²) in [5, 5.41) is 31.3. The van der Waals surface area contributed by atoms with E-state index in [4.69, 9.17) is 0 Å². The third-order valence-corrected chi connectivity index (χ3v) is 55.8. The van der Waals surface area contributed by atoms with Crippen LogP contribution in [0.2, 0.25) is 33.2 Å². The molecule has 4 aromatic carbocycles. The molecule has 136 heavy (non-hydrogen) atoms. The number of unbranched alkanes of at least 4 members (excludes halogenated alkanes) is 52. The van der Waals surface area contributed by atoms with Crippen LogP contribution in [0.1, 0.15) is 526 Å². The van der Waals surface area contributed by atoms with Gasteiger partial charge in [0.15, 0.2) is 0 Å². The standard InChI is InChI=1S/C126H196O2S6Si2/c1-17-21-25-29-33-37-41-45-49-53-57-61-65-69-73-103-77-85-107(86-78-103)125(127,108-87-79-104(80-88-108)74-70-66-62-58-54-50-46-42-38-34-30-26-22-18-2)119-121(115-93-111-113(129-115)95-117(131-111)135(97(5)6,98(7)8)99(9)10)133-124-120(122(134-123(119)124)116-94-112-114(130-116)96-118(132-112)136(100(11)12,101(13)14)102(15)16)126(128,109-89-81-105(82-90-109)75-71-67-63-59-55-51-47-43-39-35-31-27-23-19-3)110-91-83-106(84-92-110)76-72-68-64-60-56-52-48-44-40-36-32-28-24-20-4/h77-102,127-128H,17-76H2,1-16H3. The molecule has 0 atom stereocenters. The second-order valence-corrected chi connectivity index (χ2v) is 63.4. The van der Waals surface area contributed by atoms with E-state index in [1.807, 2.05) is 45.3 Å². The van der Waals surface area contributed by atoms with Crippen molar-refractivity contribution in [3.05, 3.63) is 177 Å². The maximum atomic E-state index is 15.7. The Bertz CT molecular complexity index is 4270. The van der Waals surface area contributed by atoms with Crippen molar-refractivity contribution in [1.82, 2.24) is 0 Å². The SMILES string of the molecule is CCCCCCCCCCCCCCCCc1ccc(C(O)(c2ccc(CCCCCCCCCCCCCCCC)cc2)c2c(-c3cc4sc([Si](C(C)C)(C(C)C)C(C)C)cc4s3)sc3c(C(O)(c4ccc(CCCCCCCCCCCCCCCC)cc4)c4ccc(CCCCCCCCCCCCCCCC)cc4)c(-c4cc5sc([Si](C(C)C)(C(C)C)C(C)C)cc5s4)sc23)cc1. The van der Waals surface area contributed by atoms with Crippen LogP contribution >= 0.6 is 68.0 Å². The lowest BCUT2D eigenvalue weighted by atomic mass is 9.78. The van der Waals surface area contributed by atoms with E-state index in [-0.39, 0.29) is 0 Å². The number of hydrogen-bond donors (Lipinski definition) is 2. The van der Waals surface area contributed by atoms with Crippen LogP contribution in [0, 0.1) is 0 Å². The van der Waals surface area contributed by atoms with Crippen LogP contribution in [0.4, 0.5) is 0 Å². The van der Waals surface area contributed by atoms with Crippen LogP contribution in [0.5, 0.6) is 0 Å². The summed E-state index contributed by atoms with van der Waals surface area (Å²) < 4.78 is 10.9. The average Bonchev–Trinajstić information content (AvgIpc) is 1.53. The molecular formula is C126H196O2S6Si2. The summed E-state index contributed by atoms with van der Waals surface area (Å²) in [6.45, 7) is 39.5. The van der Waals surface area contributed by atoms with Crippen molar-refractivity contribution in [2.24, 2.45) is 0 Å². The summed E-state index contributed by atoms with van der Waals surface area (Å²) in [6.07, 6.45) is 80.0. The van der Waals surface area contributed by atoms with Crippen molar-refractivity contribution in [3.8, 4) is 19.5 Å². The topological polar surface area (TPSA) is 40.5 Å². The van der Waals surface area contributed by atoms with E-state index in [0.717, 1.165) is 78.2 Å². The molecule has 2 nitrogen and oxygen atoms in total. The molecule has 0 aliphatic rings. The average molecular weight is 1990 g/mol. The highest BCUT2D eigenvalue weighted by Crippen LogP contribution is 2.61. The maximum absolute atomic E-state index is 15.7. The van der Waals surface area contributed by atoms with Crippen LogP contribution < -0.4 is 9.00 Å². The van der Waals surface area contributed by atoms with Gasteiger partial charge in [0.1, 0.15) is 27.3 Å². The Kier molecular flexibility index (Phi) is 51.6. The van der Waals surface area contributed by atoms with Crippen LogP contribution in [-0.2, 0) is 36.9 Å². The minimum atomic E-state index is -2.01. The highest BCUT2D eigenvalue weighted by atomic mass is 32.1. The van der Waals surface area contributed by atoms with E-state index in [1.54, 1.807) is 9.00 Å². The predicted molar refractivity (Wildman–Crippen MR) is 624 cm³/mol. The first-order chi connectivity index (χ1) is 66.1. The molecule has 10 aromatic rings. The normalized spacial score (nSPS) is 12.7. The van der Waals surface area contributed by atoms with Gasteiger partial charge in [0.25, 0.3) is 0 Å². The molecule has 10 rings (SSSR count). The summed E-state index contributed by atoms with van der Waals surface area (Å²) in [4.78, 5) is 4.65.